The Balaban J connectivity index is 1.81. The predicted octanol–water partition coefficient (Wildman–Crippen LogP) is 5.26. The molecule has 6 nitrogen and oxygen atoms in total. The molecule has 0 radical (unpaired) electrons. The molecule has 29 heavy (non-hydrogen) atoms. The topological polar surface area (TPSA) is 84.8 Å². The zero-order chi connectivity index (χ0) is 20.6. The molecule has 0 saturated heterocycles. The lowest BCUT2D eigenvalue weighted by Crippen LogP contribution is -2.16. The second-order valence-corrected chi connectivity index (χ2v) is 10.3. The van der Waals surface area contributed by atoms with Crippen molar-refractivity contribution in [3.8, 4) is 21.8 Å². The maximum absolute atomic E-state index is 12.2. The summed E-state index contributed by atoms with van der Waals surface area (Å²) < 4.78 is 27.1. The fourth-order valence-electron chi connectivity index (χ4n) is 3.06. The maximum atomic E-state index is 12.2. The molecule has 0 atom stereocenters. The molecule has 0 aliphatic heterocycles. The number of hydrogen-bond acceptors (Lipinski definition) is 6. The van der Waals surface area contributed by atoms with E-state index in [1.807, 2.05) is 26.0 Å². The second kappa shape index (κ2) is 8.01. The summed E-state index contributed by atoms with van der Waals surface area (Å²) in [6, 6.07) is 7.18. The number of halogens is 1. The molecular weight excluding hydrogens is 428 g/mol. The highest BCUT2D eigenvalue weighted by atomic mass is 35.5. The number of rotatable bonds is 7. The molecule has 1 N–H and O–H groups in total. The van der Waals surface area contributed by atoms with E-state index in [1.54, 1.807) is 29.7 Å². The summed E-state index contributed by atoms with van der Waals surface area (Å²) >= 11 is 8.27. The molecule has 1 aliphatic rings. The van der Waals surface area contributed by atoms with Crippen LogP contribution >= 0.6 is 22.9 Å². The van der Waals surface area contributed by atoms with Crippen LogP contribution in [0.3, 0.4) is 0 Å². The third kappa shape index (κ3) is 4.44. The number of anilines is 1. The largest absolute Gasteiger partial charge is 0.282 e. The zero-order valence-corrected chi connectivity index (χ0v) is 18.5. The van der Waals surface area contributed by atoms with Crippen LogP contribution in [0.5, 0.6) is 0 Å². The molecule has 152 valence electrons. The van der Waals surface area contributed by atoms with Crippen LogP contribution in [0.2, 0.25) is 5.02 Å². The van der Waals surface area contributed by atoms with Crippen LogP contribution in [-0.2, 0) is 10.0 Å². The van der Waals surface area contributed by atoms with E-state index in [4.69, 9.17) is 16.6 Å². The molecule has 0 amide bonds. The van der Waals surface area contributed by atoms with Gasteiger partial charge >= 0.3 is 0 Å². The average Bonchev–Trinajstić information content (AvgIpc) is 3.42. The van der Waals surface area contributed by atoms with Crippen LogP contribution < -0.4 is 4.72 Å². The van der Waals surface area contributed by atoms with Crippen molar-refractivity contribution < 1.29 is 8.42 Å². The van der Waals surface area contributed by atoms with Gasteiger partial charge in [0.25, 0.3) is 0 Å². The first kappa shape index (κ1) is 20.3. The fraction of sp³-hybridized carbons (Fsp3) is 0.350. The van der Waals surface area contributed by atoms with E-state index in [0.717, 1.165) is 34.1 Å². The zero-order valence-electron chi connectivity index (χ0n) is 16.1. The number of thiazole rings is 1. The molecule has 2 heterocycles. The van der Waals surface area contributed by atoms with Crippen LogP contribution in [0, 0.1) is 6.92 Å². The Hall–Kier alpha value is -2.03. The number of sulfonamides is 1. The molecule has 1 aliphatic carbocycles. The Morgan fingerprint density at radius 1 is 1.24 bits per heavy atom. The minimum Gasteiger partial charge on any atom is -0.282 e. The summed E-state index contributed by atoms with van der Waals surface area (Å²) in [6.45, 7) is 3.67. The van der Waals surface area contributed by atoms with Crippen LogP contribution in [-0.4, -0.2) is 29.1 Å². The molecule has 1 fully saturated rings. The van der Waals surface area contributed by atoms with E-state index in [-0.39, 0.29) is 5.75 Å². The van der Waals surface area contributed by atoms with Crippen molar-refractivity contribution in [1.29, 1.82) is 0 Å². The Bertz CT molecular complexity index is 1160. The van der Waals surface area contributed by atoms with Crippen molar-refractivity contribution in [3.05, 3.63) is 46.3 Å². The molecule has 0 bridgehead atoms. The summed E-state index contributed by atoms with van der Waals surface area (Å²) in [4.78, 5) is 14.5. The maximum Gasteiger partial charge on any atom is 0.232 e. The smallest absolute Gasteiger partial charge is 0.232 e. The highest BCUT2D eigenvalue weighted by Gasteiger charge is 2.30. The van der Waals surface area contributed by atoms with Gasteiger partial charge in [-0.1, -0.05) is 30.7 Å². The number of nitrogens with zero attached hydrogens (tertiary/aromatic N) is 3. The molecule has 3 aromatic rings. The molecule has 4 rings (SSSR count). The SMILES string of the molecule is CCCS(=O)(=O)Nc1cccc(-c2nc(C3CC3)sc2-c2ccnc(C)n2)c1Cl. The Morgan fingerprint density at radius 3 is 2.72 bits per heavy atom. The lowest BCUT2D eigenvalue weighted by atomic mass is 10.1. The van der Waals surface area contributed by atoms with E-state index in [2.05, 4.69) is 14.7 Å². The molecular formula is C20H21ClN4O2S2. The summed E-state index contributed by atoms with van der Waals surface area (Å²) in [5.74, 6) is 1.21. The molecule has 0 spiro atoms. The lowest BCUT2D eigenvalue weighted by molar-refractivity contribution is 0.600. The van der Waals surface area contributed by atoms with Gasteiger partial charge in [0.15, 0.2) is 0 Å². The average molecular weight is 449 g/mol. The Morgan fingerprint density at radius 2 is 2.03 bits per heavy atom. The van der Waals surface area contributed by atoms with Crippen LogP contribution in [0.4, 0.5) is 5.69 Å². The molecule has 1 aromatic carbocycles. The minimum atomic E-state index is -3.45. The molecule has 1 saturated carbocycles. The first-order valence-electron chi connectivity index (χ1n) is 9.48. The normalized spacial score (nSPS) is 14.2. The number of aromatic nitrogens is 3. The Kier molecular flexibility index (Phi) is 5.59. The van der Waals surface area contributed by atoms with Crippen molar-refractivity contribution in [2.24, 2.45) is 0 Å². The first-order valence-corrected chi connectivity index (χ1v) is 12.3. The van der Waals surface area contributed by atoms with Gasteiger partial charge in [0.05, 0.1) is 37.7 Å². The number of aryl methyl sites for hydroxylation is 1. The standard InChI is InChI=1S/C20H21ClN4O2S2/c1-3-11-29(26,27)25-15-6-4-5-14(17(15)21)18-19(16-9-10-22-12(2)23-16)28-20(24-18)13-7-8-13/h4-6,9-10,13,25H,3,7-8,11H2,1-2H3. The van der Waals surface area contributed by atoms with E-state index >= 15 is 0 Å². The molecule has 2 aromatic heterocycles. The second-order valence-electron chi connectivity index (χ2n) is 7.08. The summed E-state index contributed by atoms with van der Waals surface area (Å²) in [5.41, 5.74) is 2.59. The lowest BCUT2D eigenvalue weighted by Gasteiger charge is -2.12. The predicted molar refractivity (Wildman–Crippen MR) is 118 cm³/mol. The van der Waals surface area contributed by atoms with E-state index in [0.29, 0.717) is 34.4 Å². The van der Waals surface area contributed by atoms with Crippen molar-refractivity contribution in [2.75, 3.05) is 10.5 Å². The number of hydrogen-bond donors (Lipinski definition) is 1. The van der Waals surface area contributed by atoms with E-state index < -0.39 is 10.0 Å². The summed E-state index contributed by atoms with van der Waals surface area (Å²) in [5, 5.41) is 1.41. The fourth-order valence-corrected chi connectivity index (χ4v) is 5.74. The van der Waals surface area contributed by atoms with Gasteiger partial charge in [0.1, 0.15) is 5.82 Å². The third-order valence-corrected chi connectivity index (χ3v) is 7.70. The highest BCUT2D eigenvalue weighted by molar-refractivity contribution is 7.92. The molecule has 9 heteroatoms. The van der Waals surface area contributed by atoms with Crippen molar-refractivity contribution >= 4 is 38.6 Å². The van der Waals surface area contributed by atoms with Crippen molar-refractivity contribution in [2.45, 2.75) is 39.0 Å². The Labute approximate surface area is 179 Å². The van der Waals surface area contributed by atoms with Gasteiger partial charge in [-0.05, 0) is 38.3 Å². The quantitative estimate of drug-likeness (QED) is 0.533. The first-order chi connectivity index (χ1) is 13.9. The van der Waals surface area contributed by atoms with Gasteiger partial charge < -0.3 is 0 Å². The van der Waals surface area contributed by atoms with Crippen LogP contribution in [0.1, 0.15) is 42.9 Å². The van der Waals surface area contributed by atoms with Gasteiger partial charge in [-0.3, -0.25) is 4.72 Å². The summed E-state index contributed by atoms with van der Waals surface area (Å²) in [6.07, 6.45) is 4.54. The van der Waals surface area contributed by atoms with E-state index in [1.165, 1.54) is 0 Å². The number of nitrogens with one attached hydrogen (secondary N) is 1. The van der Waals surface area contributed by atoms with Crippen molar-refractivity contribution in [1.82, 2.24) is 15.0 Å². The highest BCUT2D eigenvalue weighted by Crippen LogP contribution is 2.48. The third-order valence-electron chi connectivity index (χ3n) is 4.57. The van der Waals surface area contributed by atoms with Gasteiger partial charge in [0.2, 0.25) is 10.0 Å². The van der Waals surface area contributed by atoms with Gasteiger partial charge in [-0.2, -0.15) is 0 Å². The minimum absolute atomic E-state index is 0.0432. The summed E-state index contributed by atoms with van der Waals surface area (Å²) in [7, 11) is -3.45. The van der Waals surface area contributed by atoms with Gasteiger partial charge in [-0.15, -0.1) is 11.3 Å². The molecule has 0 unspecified atom stereocenters. The monoisotopic (exact) mass is 448 g/mol. The van der Waals surface area contributed by atoms with Gasteiger partial charge in [0, 0.05) is 17.7 Å². The van der Waals surface area contributed by atoms with Crippen molar-refractivity contribution in [3.63, 3.8) is 0 Å². The van der Waals surface area contributed by atoms with Crippen LogP contribution in [0.15, 0.2) is 30.5 Å². The van der Waals surface area contributed by atoms with E-state index in [9.17, 15) is 8.42 Å². The van der Waals surface area contributed by atoms with Crippen LogP contribution in [0.25, 0.3) is 21.8 Å². The number of benzene rings is 1. The van der Waals surface area contributed by atoms with Gasteiger partial charge in [-0.25, -0.2) is 23.4 Å².